The first kappa shape index (κ1) is 23.4. The minimum atomic E-state index is -5.07. The maximum atomic E-state index is 15.2. The number of morpholine rings is 1. The first-order valence-electron chi connectivity index (χ1n) is 11.3. The molecule has 6 rings (SSSR count). The molecule has 0 saturated carbocycles. The van der Waals surface area contributed by atoms with Gasteiger partial charge in [0.25, 0.3) is 5.91 Å². The molecule has 1 amide bonds. The van der Waals surface area contributed by atoms with Gasteiger partial charge in [-0.05, 0) is 36.2 Å². The summed E-state index contributed by atoms with van der Waals surface area (Å²) in [4.78, 5) is 23.3. The van der Waals surface area contributed by atoms with Gasteiger partial charge in [0, 0.05) is 19.0 Å². The van der Waals surface area contributed by atoms with Crippen LogP contribution >= 0.6 is 0 Å². The van der Waals surface area contributed by atoms with Crippen LogP contribution in [0, 0.1) is 11.6 Å². The molecule has 2 N–H and O–H groups in total. The van der Waals surface area contributed by atoms with Crippen LogP contribution in [0.4, 0.5) is 27.8 Å². The molecule has 8 nitrogen and oxygen atoms in total. The molecule has 0 spiro atoms. The highest BCUT2D eigenvalue weighted by molar-refractivity contribution is 5.99. The van der Waals surface area contributed by atoms with Crippen molar-refractivity contribution in [3.05, 3.63) is 65.1 Å². The molecular weight excluding hydrogens is 501 g/mol. The van der Waals surface area contributed by atoms with Crippen LogP contribution in [0.5, 0.6) is 5.75 Å². The van der Waals surface area contributed by atoms with Crippen molar-refractivity contribution in [3.63, 3.8) is 0 Å². The Morgan fingerprint density at radius 2 is 1.95 bits per heavy atom. The van der Waals surface area contributed by atoms with Crippen molar-refractivity contribution in [2.24, 2.45) is 0 Å². The molecule has 2 aliphatic rings. The Labute approximate surface area is 205 Å². The van der Waals surface area contributed by atoms with E-state index in [2.05, 4.69) is 14.7 Å². The number of benzene rings is 2. The summed E-state index contributed by atoms with van der Waals surface area (Å²) in [6.45, 7) is 1.77. The lowest BCUT2D eigenvalue weighted by Gasteiger charge is -2.41. The molecule has 4 aromatic rings. The maximum absolute atomic E-state index is 15.2. The third-order valence-corrected chi connectivity index (χ3v) is 6.66. The summed E-state index contributed by atoms with van der Waals surface area (Å²) in [5.41, 5.74) is 7.39. The second-order valence-corrected chi connectivity index (χ2v) is 9.09. The highest BCUT2D eigenvalue weighted by Gasteiger charge is 2.46. The smallest absolute Gasteiger partial charge is 0.403 e. The number of amides is 1. The first-order chi connectivity index (χ1) is 17.5. The number of carbonyl (C=O) groups is 1. The lowest BCUT2D eigenvalue weighted by molar-refractivity contribution is -0.275. The fraction of sp³-hybridized carbons (Fsp3) is 0.292. The average Bonchev–Trinajstić information content (AvgIpc) is 3.42. The summed E-state index contributed by atoms with van der Waals surface area (Å²) in [5, 5.41) is 0. The van der Waals surface area contributed by atoms with Gasteiger partial charge >= 0.3 is 6.36 Å². The van der Waals surface area contributed by atoms with Gasteiger partial charge in [-0.3, -0.25) is 9.20 Å². The molecule has 3 atom stereocenters. The van der Waals surface area contributed by atoms with Gasteiger partial charge in [0.15, 0.2) is 11.6 Å². The van der Waals surface area contributed by atoms with Gasteiger partial charge in [0.2, 0.25) is 0 Å². The van der Waals surface area contributed by atoms with Gasteiger partial charge in [0.1, 0.15) is 17.2 Å². The third-order valence-electron chi connectivity index (χ3n) is 6.66. The zero-order valence-corrected chi connectivity index (χ0v) is 19.1. The van der Waals surface area contributed by atoms with E-state index in [1.807, 2.05) is 0 Å². The molecule has 37 heavy (non-hydrogen) atoms. The highest BCUT2D eigenvalue weighted by Crippen LogP contribution is 2.44. The molecule has 13 heteroatoms. The monoisotopic (exact) mass is 519 g/mol. The lowest BCUT2D eigenvalue weighted by Crippen LogP contribution is -2.50. The van der Waals surface area contributed by atoms with Gasteiger partial charge in [-0.1, -0.05) is 0 Å². The summed E-state index contributed by atoms with van der Waals surface area (Å²) >= 11 is 0. The number of ether oxygens (including phenoxy) is 2. The van der Waals surface area contributed by atoms with E-state index in [0.717, 1.165) is 18.2 Å². The number of anilines is 1. The van der Waals surface area contributed by atoms with Gasteiger partial charge in [0.05, 0.1) is 47.4 Å². The molecule has 0 radical (unpaired) electrons. The van der Waals surface area contributed by atoms with Crippen LogP contribution < -0.4 is 10.5 Å². The number of nitrogen functional groups attached to an aromatic ring is 1. The highest BCUT2D eigenvalue weighted by atomic mass is 19.4. The zero-order valence-electron chi connectivity index (χ0n) is 19.1. The minimum absolute atomic E-state index is 0.0554. The second kappa shape index (κ2) is 8.00. The Bertz CT molecular complexity index is 1590. The number of aromatic nitrogens is 3. The Balaban J connectivity index is 1.43. The van der Waals surface area contributed by atoms with E-state index in [-0.39, 0.29) is 35.4 Å². The minimum Gasteiger partial charge on any atom is -0.403 e. The molecule has 1 fully saturated rings. The van der Waals surface area contributed by atoms with Crippen LogP contribution in [0.3, 0.4) is 0 Å². The van der Waals surface area contributed by atoms with Crippen LogP contribution in [-0.2, 0) is 11.2 Å². The van der Waals surface area contributed by atoms with E-state index in [1.54, 1.807) is 11.3 Å². The predicted molar refractivity (Wildman–Crippen MR) is 120 cm³/mol. The Morgan fingerprint density at radius 1 is 1.16 bits per heavy atom. The topological polar surface area (TPSA) is 95.0 Å². The summed E-state index contributed by atoms with van der Waals surface area (Å²) in [5.74, 6) is -3.57. The van der Waals surface area contributed by atoms with Crippen molar-refractivity contribution >= 4 is 28.3 Å². The first-order valence-corrected chi connectivity index (χ1v) is 11.3. The fourth-order valence-electron chi connectivity index (χ4n) is 5.24. The number of hydrogen-bond donors (Lipinski definition) is 1. The Hall–Kier alpha value is -4.00. The van der Waals surface area contributed by atoms with E-state index in [1.165, 1.54) is 23.5 Å². The standard InChI is InChI=1S/C24H18F5N5O3/c1-10-8-33(21-12-4-15(26)19(37-24(27,28)29)2-11(12)3-20(21)36-10)23(35)13-5-17-16(6-14(13)25)32-22(30)18-7-31-9-34(17)18/h2,4-7,9-10,20-21H,3,8H2,1H3,(H2,30,32)/t10-,20-,21+/m1/s1. The van der Waals surface area contributed by atoms with Crippen molar-refractivity contribution in [2.45, 2.75) is 38.0 Å². The number of hydrogen-bond acceptors (Lipinski definition) is 6. The lowest BCUT2D eigenvalue weighted by atomic mass is 10.0. The Morgan fingerprint density at radius 3 is 2.70 bits per heavy atom. The number of nitrogens with zero attached hydrogens (tertiary/aromatic N) is 4. The number of fused-ring (bicyclic) bond motifs is 6. The molecule has 1 aliphatic heterocycles. The number of nitrogens with two attached hydrogens (primary N) is 1. The maximum Gasteiger partial charge on any atom is 0.573 e. The molecule has 1 aliphatic carbocycles. The SMILES string of the molecule is C[C@@H]1CN(C(=O)c2cc3c(cc2F)nc(N)c2cncn23)[C@H]2c3cc(F)c(OC(F)(F)F)cc3C[C@H]2O1. The van der Waals surface area contributed by atoms with Crippen molar-refractivity contribution in [1.82, 2.24) is 19.3 Å². The van der Waals surface area contributed by atoms with Crippen molar-refractivity contribution in [3.8, 4) is 5.75 Å². The molecule has 0 unspecified atom stereocenters. The van der Waals surface area contributed by atoms with Crippen molar-refractivity contribution < 1.29 is 36.2 Å². The van der Waals surface area contributed by atoms with Gasteiger partial charge in [-0.25, -0.2) is 18.7 Å². The van der Waals surface area contributed by atoms with Gasteiger partial charge < -0.3 is 20.1 Å². The van der Waals surface area contributed by atoms with E-state index < -0.39 is 47.9 Å². The molecule has 3 heterocycles. The summed E-state index contributed by atoms with van der Waals surface area (Å²) in [6, 6.07) is 3.50. The van der Waals surface area contributed by atoms with Crippen LogP contribution in [0.2, 0.25) is 0 Å². The van der Waals surface area contributed by atoms with Crippen LogP contribution in [-0.4, -0.2) is 50.3 Å². The normalized spacial score (nSPS) is 21.4. The zero-order chi connectivity index (χ0) is 26.2. The summed E-state index contributed by atoms with van der Waals surface area (Å²) in [6.07, 6.45) is -3.11. The van der Waals surface area contributed by atoms with E-state index in [0.29, 0.717) is 16.6 Å². The number of rotatable bonds is 2. The summed E-state index contributed by atoms with van der Waals surface area (Å²) in [7, 11) is 0. The van der Waals surface area contributed by atoms with Gasteiger partial charge in [-0.2, -0.15) is 0 Å². The van der Waals surface area contributed by atoms with Crippen molar-refractivity contribution in [1.29, 1.82) is 0 Å². The largest absolute Gasteiger partial charge is 0.573 e. The number of carbonyl (C=O) groups excluding carboxylic acids is 1. The number of imidazole rings is 1. The quantitative estimate of drug-likeness (QED) is 0.400. The van der Waals surface area contributed by atoms with E-state index >= 15 is 4.39 Å². The molecule has 2 aromatic carbocycles. The summed E-state index contributed by atoms with van der Waals surface area (Å²) < 4.78 is 79.3. The third kappa shape index (κ3) is 3.80. The number of alkyl halides is 3. The average molecular weight is 519 g/mol. The molecule has 192 valence electrons. The number of halogens is 5. The Kier molecular flexibility index (Phi) is 5.06. The molecular formula is C24H18F5N5O3. The predicted octanol–water partition coefficient (Wildman–Crippen LogP) is 4.17. The molecule has 1 saturated heterocycles. The molecule has 0 bridgehead atoms. The molecule has 2 aromatic heterocycles. The van der Waals surface area contributed by atoms with Crippen LogP contribution in [0.25, 0.3) is 16.6 Å². The second-order valence-electron chi connectivity index (χ2n) is 9.09. The van der Waals surface area contributed by atoms with Crippen LogP contribution in [0.15, 0.2) is 36.8 Å². The fourth-order valence-corrected chi connectivity index (χ4v) is 5.24. The van der Waals surface area contributed by atoms with Crippen LogP contribution in [0.1, 0.15) is 34.5 Å². The van der Waals surface area contributed by atoms with E-state index in [9.17, 15) is 22.4 Å². The van der Waals surface area contributed by atoms with Gasteiger partial charge in [-0.15, -0.1) is 13.2 Å². The van der Waals surface area contributed by atoms with E-state index in [4.69, 9.17) is 10.5 Å². The van der Waals surface area contributed by atoms with Crippen molar-refractivity contribution in [2.75, 3.05) is 12.3 Å².